The van der Waals surface area contributed by atoms with E-state index in [1.165, 1.54) is 0 Å². The zero-order valence-electron chi connectivity index (χ0n) is 24.7. The first kappa shape index (κ1) is 29.5. The van der Waals surface area contributed by atoms with E-state index in [4.69, 9.17) is 18.6 Å². The summed E-state index contributed by atoms with van der Waals surface area (Å²) in [5.74, 6) is 1.19. The Hall–Kier alpha value is -4.60. The quantitative estimate of drug-likeness (QED) is 0.238. The highest BCUT2D eigenvalue weighted by molar-refractivity contribution is 5.91. The van der Waals surface area contributed by atoms with Gasteiger partial charge in [-0.3, -0.25) is 14.5 Å². The van der Waals surface area contributed by atoms with Crippen molar-refractivity contribution in [3.05, 3.63) is 120 Å². The molecule has 9 nitrogen and oxygen atoms in total. The molecule has 9 heteroatoms. The van der Waals surface area contributed by atoms with Crippen LogP contribution in [0.5, 0.6) is 11.5 Å². The summed E-state index contributed by atoms with van der Waals surface area (Å²) in [5, 5.41) is 0. The highest BCUT2D eigenvalue weighted by Crippen LogP contribution is 2.33. The molecular formula is C35H37N3O6. The Bertz CT molecular complexity index is 1470. The Morgan fingerprint density at radius 2 is 1.48 bits per heavy atom. The van der Waals surface area contributed by atoms with Crippen molar-refractivity contribution >= 4 is 11.8 Å². The monoisotopic (exact) mass is 595 g/mol. The van der Waals surface area contributed by atoms with Crippen LogP contribution in [0.3, 0.4) is 0 Å². The topological polar surface area (TPSA) is 84.7 Å². The summed E-state index contributed by atoms with van der Waals surface area (Å²) >= 11 is 0. The predicted molar refractivity (Wildman–Crippen MR) is 164 cm³/mol. The van der Waals surface area contributed by atoms with Crippen LogP contribution in [0.2, 0.25) is 0 Å². The van der Waals surface area contributed by atoms with Crippen molar-refractivity contribution in [2.24, 2.45) is 0 Å². The maximum atomic E-state index is 14.5. The zero-order chi connectivity index (χ0) is 30.1. The van der Waals surface area contributed by atoms with Gasteiger partial charge < -0.3 is 28.4 Å². The highest BCUT2D eigenvalue weighted by Gasteiger charge is 2.31. The first-order valence-electron chi connectivity index (χ1n) is 15.0. The number of rotatable bonds is 12. The zero-order valence-corrected chi connectivity index (χ0v) is 24.7. The van der Waals surface area contributed by atoms with Crippen LogP contribution in [0.4, 0.5) is 0 Å². The summed E-state index contributed by atoms with van der Waals surface area (Å²) < 4.78 is 22.2. The van der Waals surface area contributed by atoms with E-state index in [1.807, 2.05) is 84.9 Å². The van der Waals surface area contributed by atoms with Gasteiger partial charge in [-0.2, -0.15) is 0 Å². The molecule has 0 aliphatic carbocycles. The molecule has 3 heterocycles. The number of nitrogens with zero attached hydrogens (tertiary/aromatic N) is 3. The minimum Gasteiger partial charge on any atom is -0.467 e. The molecule has 2 aliphatic heterocycles. The third-order valence-electron chi connectivity index (χ3n) is 8.03. The minimum absolute atomic E-state index is 0.0649. The van der Waals surface area contributed by atoms with Crippen molar-refractivity contribution in [3.8, 4) is 11.5 Å². The molecule has 1 fully saturated rings. The van der Waals surface area contributed by atoms with Crippen molar-refractivity contribution in [2.45, 2.75) is 19.0 Å². The summed E-state index contributed by atoms with van der Waals surface area (Å²) in [4.78, 5) is 34.4. The Kier molecular flexibility index (Phi) is 9.54. The van der Waals surface area contributed by atoms with Crippen LogP contribution in [0.1, 0.15) is 28.4 Å². The standard InChI is InChI=1S/C35H37N3O6/c39-33(38(24-30-12-7-19-42-30)23-27-13-14-31-32(22-27)44-26-43-31)25-37(16-15-36-17-20-41-21-18-36)35(40)34(28-8-3-1-4-9-28)29-10-5-2-6-11-29/h1-14,19,22,34H,15-18,20-21,23-26H2. The Labute approximate surface area is 257 Å². The number of fused-ring (bicyclic) bond motifs is 1. The van der Waals surface area contributed by atoms with Gasteiger partial charge in [0.2, 0.25) is 18.6 Å². The Balaban J connectivity index is 1.27. The smallest absolute Gasteiger partial charge is 0.242 e. The molecule has 6 rings (SSSR count). The number of hydrogen-bond donors (Lipinski definition) is 0. The number of benzene rings is 3. The molecule has 4 aromatic rings. The molecule has 228 valence electrons. The van der Waals surface area contributed by atoms with Crippen molar-refractivity contribution in [1.29, 1.82) is 0 Å². The Morgan fingerprint density at radius 3 is 2.16 bits per heavy atom. The Morgan fingerprint density at radius 1 is 0.773 bits per heavy atom. The van der Waals surface area contributed by atoms with Crippen molar-refractivity contribution in [2.75, 3.05) is 52.7 Å². The van der Waals surface area contributed by atoms with Crippen LogP contribution in [0.25, 0.3) is 0 Å². The molecule has 44 heavy (non-hydrogen) atoms. The molecule has 0 radical (unpaired) electrons. The maximum absolute atomic E-state index is 14.5. The second-order valence-corrected chi connectivity index (χ2v) is 11.0. The number of hydrogen-bond acceptors (Lipinski definition) is 7. The summed E-state index contributed by atoms with van der Waals surface area (Å²) in [7, 11) is 0. The van der Waals surface area contributed by atoms with E-state index in [2.05, 4.69) is 4.90 Å². The molecule has 3 aromatic carbocycles. The van der Waals surface area contributed by atoms with Crippen molar-refractivity contribution in [3.63, 3.8) is 0 Å². The highest BCUT2D eigenvalue weighted by atomic mass is 16.7. The molecule has 0 bridgehead atoms. The molecule has 0 spiro atoms. The lowest BCUT2D eigenvalue weighted by Crippen LogP contribution is -2.48. The third kappa shape index (κ3) is 7.30. The van der Waals surface area contributed by atoms with Crippen LogP contribution in [-0.4, -0.2) is 79.2 Å². The van der Waals surface area contributed by atoms with Gasteiger partial charge in [0, 0.05) is 32.7 Å². The number of morpholine rings is 1. The second kappa shape index (κ2) is 14.2. The predicted octanol–water partition coefficient (Wildman–Crippen LogP) is 4.53. The lowest BCUT2D eigenvalue weighted by Gasteiger charge is -2.33. The third-order valence-corrected chi connectivity index (χ3v) is 8.03. The van der Waals surface area contributed by atoms with Gasteiger partial charge in [0.05, 0.1) is 38.5 Å². The lowest BCUT2D eigenvalue weighted by atomic mass is 9.90. The van der Waals surface area contributed by atoms with Crippen LogP contribution in [-0.2, 0) is 27.4 Å². The fourth-order valence-corrected chi connectivity index (χ4v) is 5.65. The minimum atomic E-state index is -0.540. The van der Waals surface area contributed by atoms with E-state index in [0.717, 1.165) is 29.8 Å². The van der Waals surface area contributed by atoms with Gasteiger partial charge in [-0.15, -0.1) is 0 Å². The maximum Gasteiger partial charge on any atom is 0.242 e. The van der Waals surface area contributed by atoms with Crippen LogP contribution >= 0.6 is 0 Å². The number of furan rings is 1. The van der Waals surface area contributed by atoms with E-state index in [0.29, 0.717) is 50.1 Å². The largest absolute Gasteiger partial charge is 0.467 e. The van der Waals surface area contributed by atoms with Crippen LogP contribution in [0.15, 0.2) is 102 Å². The lowest BCUT2D eigenvalue weighted by molar-refractivity contribution is -0.142. The van der Waals surface area contributed by atoms with Crippen LogP contribution < -0.4 is 9.47 Å². The van der Waals surface area contributed by atoms with E-state index in [-0.39, 0.29) is 31.7 Å². The summed E-state index contributed by atoms with van der Waals surface area (Å²) in [6.45, 7) is 4.69. The number of amides is 2. The van der Waals surface area contributed by atoms with Crippen molar-refractivity contribution < 1.29 is 28.2 Å². The van der Waals surface area contributed by atoms with Gasteiger partial charge in [0.1, 0.15) is 5.76 Å². The molecule has 2 amide bonds. The molecule has 0 atom stereocenters. The normalized spacial score (nSPS) is 14.5. The van der Waals surface area contributed by atoms with Crippen molar-refractivity contribution in [1.82, 2.24) is 14.7 Å². The van der Waals surface area contributed by atoms with Gasteiger partial charge in [0.15, 0.2) is 11.5 Å². The van der Waals surface area contributed by atoms with Gasteiger partial charge in [-0.25, -0.2) is 0 Å². The molecule has 1 aromatic heterocycles. The molecule has 2 aliphatic rings. The first-order valence-corrected chi connectivity index (χ1v) is 15.0. The average Bonchev–Trinajstić information content (AvgIpc) is 3.76. The van der Waals surface area contributed by atoms with E-state index in [1.54, 1.807) is 22.1 Å². The van der Waals surface area contributed by atoms with Gasteiger partial charge in [-0.05, 0) is 41.0 Å². The number of carbonyl (C=O) groups excluding carboxylic acids is 2. The van der Waals surface area contributed by atoms with Crippen LogP contribution in [0, 0.1) is 0 Å². The van der Waals surface area contributed by atoms with Gasteiger partial charge in [0.25, 0.3) is 0 Å². The molecule has 1 saturated heterocycles. The fourth-order valence-electron chi connectivity index (χ4n) is 5.65. The number of ether oxygens (including phenoxy) is 3. The molecule has 0 unspecified atom stereocenters. The molecule has 0 N–H and O–H groups in total. The van der Waals surface area contributed by atoms with Gasteiger partial charge >= 0.3 is 0 Å². The van der Waals surface area contributed by atoms with E-state index in [9.17, 15) is 9.59 Å². The van der Waals surface area contributed by atoms with E-state index < -0.39 is 5.92 Å². The average molecular weight is 596 g/mol. The van der Waals surface area contributed by atoms with Gasteiger partial charge in [-0.1, -0.05) is 66.7 Å². The number of carbonyl (C=O) groups is 2. The SMILES string of the molecule is O=C(CN(CCN1CCOCC1)C(=O)C(c1ccccc1)c1ccccc1)N(Cc1ccc2c(c1)OCO2)Cc1ccco1. The summed E-state index contributed by atoms with van der Waals surface area (Å²) in [5.41, 5.74) is 2.67. The fraction of sp³-hybridized carbons (Fsp3) is 0.314. The second-order valence-electron chi connectivity index (χ2n) is 11.0. The molecule has 0 saturated carbocycles. The summed E-state index contributed by atoms with van der Waals surface area (Å²) in [6.07, 6.45) is 1.60. The summed E-state index contributed by atoms with van der Waals surface area (Å²) in [6, 6.07) is 28.9. The molecular weight excluding hydrogens is 558 g/mol. The van der Waals surface area contributed by atoms with E-state index >= 15 is 0 Å². The first-order chi connectivity index (χ1) is 21.6.